The monoisotopic (exact) mass is 238 g/mol. The van der Waals surface area contributed by atoms with Gasteiger partial charge in [-0.15, -0.1) is 0 Å². The van der Waals surface area contributed by atoms with Gasteiger partial charge >= 0.3 is 5.97 Å². The van der Waals surface area contributed by atoms with Gasteiger partial charge in [-0.1, -0.05) is 35.7 Å². The van der Waals surface area contributed by atoms with E-state index < -0.39 is 12.1 Å². The SMILES string of the molecule is CCCCC(O)C(=O)OCCBr. The van der Waals surface area contributed by atoms with E-state index in [2.05, 4.69) is 15.9 Å². The van der Waals surface area contributed by atoms with Gasteiger partial charge in [0.25, 0.3) is 0 Å². The van der Waals surface area contributed by atoms with Crippen LogP contribution >= 0.6 is 15.9 Å². The van der Waals surface area contributed by atoms with Crippen molar-refractivity contribution in [3.05, 3.63) is 0 Å². The van der Waals surface area contributed by atoms with Crippen LogP contribution < -0.4 is 0 Å². The Morgan fingerprint density at radius 3 is 2.83 bits per heavy atom. The maximum absolute atomic E-state index is 10.9. The predicted octanol–water partition coefficient (Wildman–Crippen LogP) is 1.48. The van der Waals surface area contributed by atoms with Gasteiger partial charge in [0.1, 0.15) is 6.61 Å². The largest absolute Gasteiger partial charge is 0.463 e. The zero-order valence-corrected chi connectivity index (χ0v) is 8.84. The van der Waals surface area contributed by atoms with Crippen LogP contribution in [0.4, 0.5) is 0 Å². The lowest BCUT2D eigenvalue weighted by Gasteiger charge is -2.08. The highest BCUT2D eigenvalue weighted by Gasteiger charge is 2.14. The molecule has 72 valence electrons. The number of carbonyl (C=O) groups is 1. The van der Waals surface area contributed by atoms with Gasteiger partial charge in [-0.05, 0) is 6.42 Å². The fourth-order valence-corrected chi connectivity index (χ4v) is 0.913. The van der Waals surface area contributed by atoms with Gasteiger partial charge < -0.3 is 9.84 Å². The van der Waals surface area contributed by atoms with Crippen LogP contribution in [0.15, 0.2) is 0 Å². The first-order valence-electron chi connectivity index (χ1n) is 4.13. The molecule has 0 aliphatic rings. The number of aliphatic hydroxyl groups is 1. The molecule has 0 aromatic rings. The van der Waals surface area contributed by atoms with E-state index in [0.717, 1.165) is 12.8 Å². The first-order valence-corrected chi connectivity index (χ1v) is 5.25. The van der Waals surface area contributed by atoms with Crippen molar-refractivity contribution >= 4 is 21.9 Å². The van der Waals surface area contributed by atoms with Crippen LogP contribution in [0.1, 0.15) is 26.2 Å². The van der Waals surface area contributed by atoms with Gasteiger partial charge in [0.2, 0.25) is 0 Å². The zero-order chi connectivity index (χ0) is 9.40. The van der Waals surface area contributed by atoms with Crippen LogP contribution in [0.25, 0.3) is 0 Å². The van der Waals surface area contributed by atoms with Crippen LogP contribution in [0.2, 0.25) is 0 Å². The van der Waals surface area contributed by atoms with E-state index in [1.54, 1.807) is 0 Å². The van der Waals surface area contributed by atoms with E-state index in [9.17, 15) is 9.90 Å². The third-order valence-electron chi connectivity index (χ3n) is 1.42. The number of hydrogen-bond acceptors (Lipinski definition) is 3. The lowest BCUT2D eigenvalue weighted by atomic mass is 10.2. The molecule has 0 amide bonds. The maximum atomic E-state index is 10.9. The minimum atomic E-state index is -0.941. The van der Waals surface area contributed by atoms with Crippen LogP contribution in [0.3, 0.4) is 0 Å². The third-order valence-corrected chi connectivity index (χ3v) is 1.75. The van der Waals surface area contributed by atoms with Gasteiger partial charge in [-0.2, -0.15) is 0 Å². The zero-order valence-electron chi connectivity index (χ0n) is 7.25. The molecule has 1 N–H and O–H groups in total. The molecule has 12 heavy (non-hydrogen) atoms. The molecule has 0 heterocycles. The van der Waals surface area contributed by atoms with Crippen LogP contribution in [-0.2, 0) is 9.53 Å². The van der Waals surface area contributed by atoms with Crippen molar-refractivity contribution in [3.63, 3.8) is 0 Å². The van der Waals surface area contributed by atoms with E-state index in [1.807, 2.05) is 6.92 Å². The number of hydrogen-bond donors (Lipinski definition) is 1. The van der Waals surface area contributed by atoms with Crippen molar-refractivity contribution in [2.45, 2.75) is 32.3 Å². The Morgan fingerprint density at radius 2 is 2.33 bits per heavy atom. The molecule has 0 aromatic carbocycles. The molecule has 0 bridgehead atoms. The van der Waals surface area contributed by atoms with E-state index >= 15 is 0 Å². The fourth-order valence-electron chi connectivity index (χ4n) is 0.751. The van der Waals surface area contributed by atoms with Crippen molar-refractivity contribution in [3.8, 4) is 0 Å². The smallest absolute Gasteiger partial charge is 0.334 e. The number of esters is 1. The Bertz CT molecular complexity index is 127. The molecule has 0 saturated heterocycles. The van der Waals surface area contributed by atoms with Gasteiger partial charge in [0, 0.05) is 5.33 Å². The maximum Gasteiger partial charge on any atom is 0.334 e. The summed E-state index contributed by atoms with van der Waals surface area (Å²) >= 11 is 3.12. The minimum absolute atomic E-state index is 0.321. The Morgan fingerprint density at radius 1 is 1.67 bits per heavy atom. The second kappa shape index (κ2) is 7.55. The van der Waals surface area contributed by atoms with Crippen molar-refractivity contribution in [1.29, 1.82) is 0 Å². The Balaban J connectivity index is 3.47. The topological polar surface area (TPSA) is 46.5 Å². The standard InChI is InChI=1S/C8H15BrO3/c1-2-3-4-7(10)8(11)12-6-5-9/h7,10H,2-6H2,1H3. The fraction of sp³-hybridized carbons (Fsp3) is 0.875. The summed E-state index contributed by atoms with van der Waals surface area (Å²) in [5.41, 5.74) is 0. The van der Waals surface area contributed by atoms with Crippen molar-refractivity contribution in [2.75, 3.05) is 11.9 Å². The Kier molecular flexibility index (Phi) is 7.50. The molecule has 0 aromatic heterocycles. The predicted molar refractivity (Wildman–Crippen MR) is 50.3 cm³/mol. The normalized spacial score (nSPS) is 12.6. The summed E-state index contributed by atoms with van der Waals surface area (Å²) in [7, 11) is 0. The van der Waals surface area contributed by atoms with Crippen molar-refractivity contribution in [2.24, 2.45) is 0 Å². The molecule has 1 atom stereocenters. The molecule has 3 nitrogen and oxygen atoms in total. The van der Waals surface area contributed by atoms with Gasteiger partial charge in [-0.3, -0.25) is 0 Å². The average molecular weight is 239 g/mol. The highest BCUT2D eigenvalue weighted by molar-refractivity contribution is 9.09. The summed E-state index contributed by atoms with van der Waals surface area (Å²) in [4.78, 5) is 10.9. The third kappa shape index (κ3) is 5.55. The van der Waals surface area contributed by atoms with Crippen LogP contribution in [0.5, 0.6) is 0 Å². The summed E-state index contributed by atoms with van der Waals surface area (Å²) in [6.07, 6.45) is 1.38. The number of halogens is 1. The van der Waals surface area contributed by atoms with E-state index in [4.69, 9.17) is 4.74 Å². The number of carbonyl (C=O) groups excluding carboxylic acids is 1. The molecule has 0 fully saturated rings. The molecular weight excluding hydrogens is 224 g/mol. The number of ether oxygens (including phenoxy) is 1. The number of alkyl halides is 1. The first-order chi connectivity index (χ1) is 5.72. The number of aliphatic hydroxyl groups excluding tert-OH is 1. The molecule has 0 aliphatic heterocycles. The van der Waals surface area contributed by atoms with Crippen LogP contribution in [-0.4, -0.2) is 29.1 Å². The van der Waals surface area contributed by atoms with Gasteiger partial charge in [-0.25, -0.2) is 4.79 Å². The average Bonchev–Trinajstić information content (AvgIpc) is 2.10. The summed E-state index contributed by atoms with van der Waals surface area (Å²) in [6.45, 7) is 2.33. The summed E-state index contributed by atoms with van der Waals surface area (Å²) in [6, 6.07) is 0. The molecule has 4 heteroatoms. The second-order valence-electron chi connectivity index (χ2n) is 2.51. The molecule has 0 radical (unpaired) electrons. The molecular formula is C8H15BrO3. The van der Waals surface area contributed by atoms with Crippen molar-refractivity contribution in [1.82, 2.24) is 0 Å². The van der Waals surface area contributed by atoms with Crippen molar-refractivity contribution < 1.29 is 14.6 Å². The number of unbranched alkanes of at least 4 members (excludes halogenated alkanes) is 1. The lowest BCUT2D eigenvalue weighted by molar-refractivity contribution is -0.153. The minimum Gasteiger partial charge on any atom is -0.463 e. The Hall–Kier alpha value is -0.0900. The quantitative estimate of drug-likeness (QED) is 0.564. The van der Waals surface area contributed by atoms with Crippen LogP contribution in [0, 0.1) is 0 Å². The summed E-state index contributed by atoms with van der Waals surface area (Å²) in [5, 5.41) is 9.80. The first kappa shape index (κ1) is 11.9. The van der Waals surface area contributed by atoms with Gasteiger partial charge in [0.05, 0.1) is 0 Å². The van der Waals surface area contributed by atoms with E-state index in [-0.39, 0.29) is 0 Å². The summed E-state index contributed by atoms with van der Waals surface area (Å²) < 4.78 is 4.71. The molecule has 1 unspecified atom stereocenters. The van der Waals surface area contributed by atoms with E-state index in [1.165, 1.54) is 0 Å². The second-order valence-corrected chi connectivity index (χ2v) is 3.31. The summed E-state index contributed by atoms with van der Waals surface area (Å²) in [5.74, 6) is -0.511. The van der Waals surface area contributed by atoms with E-state index in [0.29, 0.717) is 18.4 Å². The van der Waals surface area contributed by atoms with Gasteiger partial charge in [0.15, 0.2) is 6.10 Å². The number of rotatable bonds is 6. The molecule has 0 saturated carbocycles. The lowest BCUT2D eigenvalue weighted by Crippen LogP contribution is -2.23. The molecule has 0 rings (SSSR count). The highest BCUT2D eigenvalue weighted by atomic mass is 79.9. The molecule has 0 spiro atoms. The Labute approximate surface area is 81.2 Å². The highest BCUT2D eigenvalue weighted by Crippen LogP contribution is 2.02. The molecule has 0 aliphatic carbocycles.